The monoisotopic (exact) mass is 291 g/mol. The highest BCUT2D eigenvalue weighted by molar-refractivity contribution is 7.89. The van der Waals surface area contributed by atoms with Crippen LogP contribution in [0.25, 0.3) is 0 Å². The first kappa shape index (κ1) is 16.4. The molecular weight excluding hydrogens is 266 g/mol. The van der Waals surface area contributed by atoms with Gasteiger partial charge in [0.15, 0.2) is 0 Å². The van der Waals surface area contributed by atoms with Crippen molar-refractivity contribution in [2.45, 2.75) is 39.2 Å². The third kappa shape index (κ3) is 5.46. The summed E-state index contributed by atoms with van der Waals surface area (Å²) in [7, 11) is -3.40. The van der Waals surface area contributed by atoms with E-state index in [-0.39, 0.29) is 18.3 Å². The molecule has 1 rings (SSSR count). The molecule has 0 saturated carbocycles. The predicted molar refractivity (Wildman–Crippen MR) is 75.0 cm³/mol. The number of sulfonamides is 1. The fourth-order valence-corrected chi connectivity index (χ4v) is 4.19. The minimum atomic E-state index is -3.40. The van der Waals surface area contributed by atoms with Gasteiger partial charge in [0, 0.05) is 6.04 Å². The van der Waals surface area contributed by atoms with Crippen molar-refractivity contribution in [1.29, 1.82) is 0 Å². The van der Waals surface area contributed by atoms with Gasteiger partial charge in [0.1, 0.15) is 0 Å². The molecular formula is C12H25N3O3S. The molecule has 1 saturated heterocycles. The SMILES string of the molecule is CC(C)N(CC(N)=O)S(=O)(=O)CCC1CCNCC1. The lowest BCUT2D eigenvalue weighted by atomic mass is 9.96. The van der Waals surface area contributed by atoms with E-state index in [2.05, 4.69) is 5.32 Å². The third-order valence-electron chi connectivity index (χ3n) is 3.49. The molecule has 7 heteroatoms. The van der Waals surface area contributed by atoms with Crippen LogP contribution in [0.1, 0.15) is 33.1 Å². The van der Waals surface area contributed by atoms with Gasteiger partial charge < -0.3 is 11.1 Å². The Labute approximate surface area is 115 Å². The second-order valence-corrected chi connectivity index (χ2v) is 7.44. The zero-order valence-electron chi connectivity index (χ0n) is 11.8. The number of hydrogen-bond acceptors (Lipinski definition) is 4. The van der Waals surface area contributed by atoms with Crippen molar-refractivity contribution >= 4 is 15.9 Å². The van der Waals surface area contributed by atoms with Crippen molar-refractivity contribution < 1.29 is 13.2 Å². The maximum Gasteiger partial charge on any atom is 0.232 e. The average molecular weight is 291 g/mol. The van der Waals surface area contributed by atoms with Crippen molar-refractivity contribution in [2.24, 2.45) is 11.7 Å². The fraction of sp³-hybridized carbons (Fsp3) is 0.917. The lowest BCUT2D eigenvalue weighted by molar-refractivity contribution is -0.118. The molecule has 0 aliphatic carbocycles. The fourth-order valence-electron chi connectivity index (χ4n) is 2.36. The van der Waals surface area contributed by atoms with E-state index >= 15 is 0 Å². The van der Waals surface area contributed by atoms with E-state index in [9.17, 15) is 13.2 Å². The van der Waals surface area contributed by atoms with Gasteiger partial charge in [-0.2, -0.15) is 4.31 Å². The molecule has 0 atom stereocenters. The zero-order valence-corrected chi connectivity index (χ0v) is 12.6. The van der Waals surface area contributed by atoms with E-state index in [0.717, 1.165) is 25.9 Å². The third-order valence-corrected chi connectivity index (χ3v) is 5.50. The first-order valence-corrected chi connectivity index (χ1v) is 8.42. The Morgan fingerprint density at radius 2 is 1.95 bits per heavy atom. The quantitative estimate of drug-likeness (QED) is 0.685. The highest BCUT2D eigenvalue weighted by Gasteiger charge is 2.27. The molecule has 6 nitrogen and oxygen atoms in total. The van der Waals surface area contributed by atoms with Crippen molar-refractivity contribution in [1.82, 2.24) is 9.62 Å². The molecule has 3 N–H and O–H groups in total. The molecule has 1 amide bonds. The maximum absolute atomic E-state index is 12.3. The number of nitrogens with one attached hydrogen (secondary N) is 1. The Hall–Kier alpha value is -0.660. The topological polar surface area (TPSA) is 92.5 Å². The number of nitrogens with two attached hydrogens (primary N) is 1. The Morgan fingerprint density at radius 3 is 2.42 bits per heavy atom. The standard InChI is InChI=1S/C12H25N3O3S/c1-10(2)15(9-12(13)16)19(17,18)8-5-11-3-6-14-7-4-11/h10-11,14H,3-9H2,1-2H3,(H2,13,16). The van der Waals surface area contributed by atoms with Crippen LogP contribution in [0, 0.1) is 5.92 Å². The number of piperidine rings is 1. The van der Waals surface area contributed by atoms with Gasteiger partial charge in [-0.25, -0.2) is 8.42 Å². The van der Waals surface area contributed by atoms with Crippen LogP contribution in [0.5, 0.6) is 0 Å². The van der Waals surface area contributed by atoms with Gasteiger partial charge in [0.25, 0.3) is 0 Å². The predicted octanol–water partition coefficient (Wildman–Crippen LogP) is -0.0984. The molecule has 0 aromatic carbocycles. The molecule has 112 valence electrons. The van der Waals surface area contributed by atoms with Crippen LogP contribution in [0.2, 0.25) is 0 Å². The summed E-state index contributed by atoms with van der Waals surface area (Å²) in [5.41, 5.74) is 5.11. The van der Waals surface area contributed by atoms with Gasteiger partial charge >= 0.3 is 0 Å². The average Bonchev–Trinajstić information content (AvgIpc) is 2.34. The lowest BCUT2D eigenvalue weighted by Gasteiger charge is -2.27. The van der Waals surface area contributed by atoms with Crippen LogP contribution >= 0.6 is 0 Å². The molecule has 1 aliphatic rings. The Morgan fingerprint density at radius 1 is 1.37 bits per heavy atom. The normalized spacial score (nSPS) is 18.1. The van der Waals surface area contributed by atoms with Crippen LogP contribution in [0.3, 0.4) is 0 Å². The van der Waals surface area contributed by atoms with Crippen molar-refractivity contribution in [2.75, 3.05) is 25.4 Å². The summed E-state index contributed by atoms with van der Waals surface area (Å²) in [5.74, 6) is -0.0545. The van der Waals surface area contributed by atoms with Crippen molar-refractivity contribution in [3.05, 3.63) is 0 Å². The van der Waals surface area contributed by atoms with Gasteiger partial charge in [-0.1, -0.05) is 0 Å². The summed E-state index contributed by atoms with van der Waals surface area (Å²) < 4.78 is 25.7. The van der Waals surface area contributed by atoms with E-state index < -0.39 is 15.9 Å². The molecule has 1 heterocycles. The van der Waals surface area contributed by atoms with E-state index in [1.165, 1.54) is 4.31 Å². The highest BCUT2D eigenvalue weighted by atomic mass is 32.2. The number of carbonyl (C=O) groups is 1. The van der Waals surface area contributed by atoms with Crippen LogP contribution < -0.4 is 11.1 Å². The Kier molecular flexibility index (Phi) is 6.22. The molecule has 1 fully saturated rings. The highest BCUT2D eigenvalue weighted by Crippen LogP contribution is 2.18. The van der Waals surface area contributed by atoms with E-state index in [1.807, 2.05) is 0 Å². The van der Waals surface area contributed by atoms with Crippen LogP contribution in [0.15, 0.2) is 0 Å². The Balaban J connectivity index is 2.58. The number of amides is 1. The first-order chi connectivity index (χ1) is 8.83. The number of hydrogen-bond donors (Lipinski definition) is 2. The number of primary amides is 1. The largest absolute Gasteiger partial charge is 0.369 e. The molecule has 0 radical (unpaired) electrons. The number of rotatable bonds is 7. The Bertz CT molecular complexity index is 389. The van der Waals surface area contributed by atoms with Crippen LogP contribution in [-0.4, -0.2) is 50.1 Å². The summed E-state index contributed by atoms with van der Waals surface area (Å²) in [6.45, 7) is 5.20. The molecule has 0 spiro atoms. The number of carbonyl (C=O) groups excluding carboxylic acids is 1. The molecule has 0 aromatic rings. The van der Waals surface area contributed by atoms with Gasteiger partial charge in [0.05, 0.1) is 12.3 Å². The smallest absolute Gasteiger partial charge is 0.232 e. The summed E-state index contributed by atoms with van der Waals surface area (Å²) in [4.78, 5) is 11.0. The van der Waals surface area contributed by atoms with Gasteiger partial charge in [-0.05, 0) is 52.1 Å². The van der Waals surface area contributed by atoms with Gasteiger partial charge in [-0.15, -0.1) is 0 Å². The molecule has 0 unspecified atom stereocenters. The van der Waals surface area contributed by atoms with E-state index in [1.54, 1.807) is 13.8 Å². The van der Waals surface area contributed by atoms with E-state index in [4.69, 9.17) is 5.73 Å². The summed E-state index contributed by atoms with van der Waals surface area (Å²) >= 11 is 0. The van der Waals surface area contributed by atoms with Gasteiger partial charge in [-0.3, -0.25) is 4.79 Å². The lowest BCUT2D eigenvalue weighted by Crippen LogP contribution is -2.44. The number of nitrogens with zero attached hydrogens (tertiary/aromatic N) is 1. The summed E-state index contributed by atoms with van der Waals surface area (Å²) in [6.07, 6.45) is 2.70. The maximum atomic E-state index is 12.3. The van der Waals surface area contributed by atoms with Crippen LogP contribution in [-0.2, 0) is 14.8 Å². The van der Waals surface area contributed by atoms with E-state index in [0.29, 0.717) is 12.3 Å². The second-order valence-electron chi connectivity index (χ2n) is 5.40. The minimum absolute atomic E-state index is 0.100. The second kappa shape index (κ2) is 7.21. The first-order valence-electron chi connectivity index (χ1n) is 6.81. The summed E-state index contributed by atoms with van der Waals surface area (Å²) in [5, 5.41) is 3.26. The molecule has 0 bridgehead atoms. The van der Waals surface area contributed by atoms with Gasteiger partial charge in [0.2, 0.25) is 15.9 Å². The summed E-state index contributed by atoms with van der Waals surface area (Å²) in [6, 6.07) is -0.245. The van der Waals surface area contributed by atoms with Crippen molar-refractivity contribution in [3.8, 4) is 0 Å². The van der Waals surface area contributed by atoms with Crippen LogP contribution in [0.4, 0.5) is 0 Å². The molecule has 1 aliphatic heterocycles. The molecule has 0 aromatic heterocycles. The zero-order chi connectivity index (χ0) is 14.5. The van der Waals surface area contributed by atoms with Crippen molar-refractivity contribution in [3.63, 3.8) is 0 Å². The minimum Gasteiger partial charge on any atom is -0.369 e. The molecule has 19 heavy (non-hydrogen) atoms.